The van der Waals surface area contributed by atoms with Crippen LogP contribution in [0.25, 0.3) is 104 Å². The first-order valence-electron chi connectivity index (χ1n) is 27.6. The van der Waals surface area contributed by atoms with Gasteiger partial charge >= 0.3 is 0 Å². The maximum absolute atomic E-state index is 9.62. The lowest BCUT2D eigenvalue weighted by atomic mass is 10.0. The number of nitrogens with zero attached hydrogens (tertiary/aromatic N) is 4. The molecule has 11 aromatic rings. The minimum atomic E-state index is -0.702. The zero-order valence-electron chi connectivity index (χ0n) is 49.5. The zero-order valence-corrected chi connectivity index (χ0v) is 29.4. The van der Waals surface area contributed by atoms with Crippen LogP contribution in [0.1, 0.15) is 28.8 Å². The molecule has 0 atom stereocenters. The molecule has 0 spiro atoms. The fraction of sp³-hybridized carbons (Fsp3) is 0. The third kappa shape index (κ3) is 5.40. The monoisotopic (exact) mass is 753 g/mol. The molecule has 0 bridgehead atoms. The van der Waals surface area contributed by atoms with E-state index in [0.717, 1.165) is 29.5 Å². The lowest BCUT2D eigenvalue weighted by molar-refractivity contribution is 1.06. The van der Waals surface area contributed by atoms with E-state index < -0.39 is 108 Å². The van der Waals surface area contributed by atoms with Gasteiger partial charge in [-0.15, -0.1) is 11.3 Å². The maximum atomic E-state index is 9.62. The molecule has 0 aliphatic rings. The Bertz CT molecular complexity index is 4440. The molecule has 3 aromatic heterocycles. The van der Waals surface area contributed by atoms with Crippen molar-refractivity contribution in [1.82, 2.24) is 19.5 Å². The summed E-state index contributed by atoms with van der Waals surface area (Å²) in [7, 11) is 0. The number of benzene rings is 8. The smallest absolute Gasteiger partial charge is 0.166 e. The summed E-state index contributed by atoms with van der Waals surface area (Å²) >= 11 is 0.934. The van der Waals surface area contributed by atoms with Gasteiger partial charge in [-0.25, -0.2) is 15.0 Å². The highest BCUT2D eigenvalue weighted by molar-refractivity contribution is 7.26. The van der Waals surface area contributed by atoms with Crippen molar-refractivity contribution in [3.63, 3.8) is 0 Å². The summed E-state index contributed by atoms with van der Waals surface area (Å²) in [4.78, 5) is 14.3. The zero-order chi connectivity index (χ0) is 55.3. The standard InChI is InChI=1S/C51H32N4S/c1-3-15-33(16-4-1)35-29-30-46-43(32-35)39-21-7-10-26-44(39)55(46)45-27-11-8-23-42(45)51-53-49(34-17-5-2-6-18-34)52-50(54-51)37-20-13-19-36(31-37)38-24-14-25-41-40-22-9-12-28-47(40)56-48(38)41/h1-32H/i1D,2D,5D,6D,7D,9D,12D,14D,15D,16D,17D,18D,21D,22D,24D,25D,26D,28D,29D,30D,32D. The third-order valence-electron chi connectivity index (χ3n) is 9.15. The summed E-state index contributed by atoms with van der Waals surface area (Å²) in [5.74, 6) is -0.806. The number of rotatable bonds is 6. The second-order valence-electron chi connectivity index (χ2n) is 12.4. The van der Waals surface area contributed by atoms with E-state index in [1.54, 1.807) is 30.3 Å². The summed E-state index contributed by atoms with van der Waals surface area (Å²) in [6.45, 7) is 0. The first kappa shape index (κ1) is 17.5. The van der Waals surface area contributed by atoms with E-state index in [1.165, 1.54) is 22.8 Å². The van der Waals surface area contributed by atoms with E-state index in [0.29, 0.717) is 0 Å². The minimum Gasteiger partial charge on any atom is -0.309 e. The van der Waals surface area contributed by atoms with E-state index in [9.17, 15) is 6.85 Å². The van der Waals surface area contributed by atoms with Crippen molar-refractivity contribution in [1.29, 1.82) is 0 Å². The Balaban J connectivity index is 1.22. The minimum absolute atomic E-state index is 0.0234. The number of aromatic nitrogens is 4. The van der Waals surface area contributed by atoms with Crippen LogP contribution in [0, 0.1) is 0 Å². The lowest BCUT2D eigenvalue weighted by Crippen LogP contribution is -2.03. The Morgan fingerprint density at radius 3 is 2.07 bits per heavy atom. The van der Waals surface area contributed by atoms with Crippen molar-refractivity contribution >= 4 is 53.3 Å². The van der Waals surface area contributed by atoms with E-state index in [2.05, 4.69) is 4.98 Å². The Morgan fingerprint density at radius 2 is 1.16 bits per heavy atom. The predicted molar refractivity (Wildman–Crippen MR) is 234 cm³/mol. The van der Waals surface area contributed by atoms with Gasteiger partial charge in [-0.1, -0.05) is 151 Å². The van der Waals surface area contributed by atoms with E-state index in [1.807, 2.05) is 0 Å². The first-order valence-corrected chi connectivity index (χ1v) is 17.9. The second-order valence-corrected chi connectivity index (χ2v) is 13.4. The molecule has 56 heavy (non-hydrogen) atoms. The highest BCUT2D eigenvalue weighted by Crippen LogP contribution is 2.41. The predicted octanol–water partition coefficient (Wildman–Crippen LogP) is 13.7. The molecule has 0 amide bonds. The normalized spacial score (nSPS) is 16.8. The van der Waals surface area contributed by atoms with E-state index in [-0.39, 0.29) is 123 Å². The molecule has 0 saturated heterocycles. The summed E-state index contributed by atoms with van der Waals surface area (Å²) in [6.07, 6.45) is 0. The van der Waals surface area contributed by atoms with Gasteiger partial charge in [0.25, 0.3) is 0 Å². The van der Waals surface area contributed by atoms with Gasteiger partial charge in [0.1, 0.15) is 0 Å². The third-order valence-corrected chi connectivity index (χ3v) is 10.3. The molecular formula is C51H32N4S. The van der Waals surface area contributed by atoms with Crippen LogP contribution < -0.4 is 0 Å². The Labute approximate surface area is 357 Å². The molecule has 3 heterocycles. The lowest BCUT2D eigenvalue weighted by Gasteiger charge is -2.15. The van der Waals surface area contributed by atoms with Crippen molar-refractivity contribution in [2.45, 2.75) is 0 Å². The van der Waals surface area contributed by atoms with Crippen LogP contribution in [0.5, 0.6) is 0 Å². The van der Waals surface area contributed by atoms with Crippen LogP contribution in [0.4, 0.5) is 0 Å². The molecule has 8 aromatic carbocycles. The fourth-order valence-electron chi connectivity index (χ4n) is 6.69. The topological polar surface area (TPSA) is 43.6 Å². The van der Waals surface area contributed by atoms with Crippen molar-refractivity contribution < 1.29 is 28.8 Å². The number of hydrogen-bond donors (Lipinski definition) is 0. The highest BCUT2D eigenvalue weighted by atomic mass is 32.1. The summed E-state index contributed by atoms with van der Waals surface area (Å²) < 4.78 is 187. The molecule has 11 rings (SSSR count). The molecule has 5 heteroatoms. The summed E-state index contributed by atoms with van der Waals surface area (Å²) in [6, 6.07) is 5.60. The molecule has 0 fully saturated rings. The van der Waals surface area contributed by atoms with Crippen molar-refractivity contribution in [3.05, 3.63) is 194 Å². The molecular weight excluding hydrogens is 701 g/mol. The first-order chi connectivity index (χ1) is 36.5. The molecule has 0 saturated carbocycles. The van der Waals surface area contributed by atoms with Crippen molar-refractivity contribution in [2.75, 3.05) is 0 Å². The number of thiophene rings is 1. The summed E-state index contributed by atoms with van der Waals surface area (Å²) in [5, 5.41) is -0.223. The molecule has 0 unspecified atom stereocenters. The van der Waals surface area contributed by atoms with Crippen LogP contribution in [0.3, 0.4) is 0 Å². The molecule has 4 nitrogen and oxygen atoms in total. The molecule has 0 aliphatic heterocycles. The largest absolute Gasteiger partial charge is 0.309 e. The van der Waals surface area contributed by atoms with Crippen molar-refractivity contribution in [3.8, 4) is 62.1 Å². The molecule has 0 N–H and O–H groups in total. The SMILES string of the molecule is [2H]c1cc([2H])c(-c2c([2H])c([2H])c3c(c2[2H])c2c([2H])c([2H])cc([2H])c2n3-c2ccccc2-c2nc(-c3cccc(-c4c([2H])c([2H])c([2H])c5c4sc4c([2H])c([2H])c([2H])c([2H])c45)c3)nc(-c3c([2H])c([2H])c([2H])c([2H])c3[2H])n2)c([2H])c1. The molecule has 0 aliphatic carbocycles. The van der Waals surface area contributed by atoms with E-state index in [4.69, 9.17) is 31.9 Å². The number of para-hydroxylation sites is 2. The molecule has 0 radical (unpaired) electrons. The Kier molecular flexibility index (Phi) is 4.15. The van der Waals surface area contributed by atoms with Crippen LogP contribution in [0.15, 0.2) is 194 Å². The van der Waals surface area contributed by atoms with Gasteiger partial charge in [-0.05, 0) is 64.6 Å². The van der Waals surface area contributed by atoms with Gasteiger partial charge in [0.05, 0.1) is 45.5 Å². The van der Waals surface area contributed by atoms with Gasteiger partial charge in [0.15, 0.2) is 17.5 Å². The van der Waals surface area contributed by atoms with E-state index >= 15 is 0 Å². The summed E-state index contributed by atoms with van der Waals surface area (Å²) in [5.41, 5.74) is -0.505. The van der Waals surface area contributed by atoms with Crippen molar-refractivity contribution in [2.24, 2.45) is 0 Å². The number of fused-ring (bicyclic) bond motifs is 6. The van der Waals surface area contributed by atoms with Gasteiger partial charge in [-0.3, -0.25) is 0 Å². The van der Waals surface area contributed by atoms with Gasteiger partial charge in [0, 0.05) is 47.6 Å². The van der Waals surface area contributed by atoms with Crippen LogP contribution in [-0.2, 0) is 0 Å². The van der Waals surface area contributed by atoms with Gasteiger partial charge < -0.3 is 4.57 Å². The highest BCUT2D eigenvalue weighted by Gasteiger charge is 2.20. The van der Waals surface area contributed by atoms with Crippen LogP contribution in [0.2, 0.25) is 0 Å². The van der Waals surface area contributed by atoms with Crippen LogP contribution in [-0.4, -0.2) is 19.5 Å². The second kappa shape index (κ2) is 13.3. The average molecular weight is 754 g/mol. The quantitative estimate of drug-likeness (QED) is 0.170. The fourth-order valence-corrected chi connectivity index (χ4v) is 7.77. The van der Waals surface area contributed by atoms with Crippen LogP contribution >= 0.6 is 11.3 Å². The Morgan fingerprint density at radius 1 is 0.429 bits per heavy atom. The average Bonchev–Trinajstić information content (AvgIpc) is 4.24. The Hall–Kier alpha value is -7.21. The van der Waals surface area contributed by atoms with Gasteiger partial charge in [-0.2, -0.15) is 0 Å². The molecule has 262 valence electrons. The van der Waals surface area contributed by atoms with Gasteiger partial charge in [0.2, 0.25) is 0 Å². The maximum Gasteiger partial charge on any atom is 0.166 e. The number of hydrogen-bond acceptors (Lipinski definition) is 4.